The van der Waals surface area contributed by atoms with Crippen LogP contribution in [0.25, 0.3) is 0 Å². The molecule has 1 aliphatic rings. The van der Waals surface area contributed by atoms with Crippen LogP contribution in [0.4, 0.5) is 14.5 Å². The van der Waals surface area contributed by atoms with Gasteiger partial charge in [0.15, 0.2) is 5.82 Å². The number of rotatable bonds is 3. The molecule has 7 nitrogen and oxygen atoms in total. The number of imide groups is 1. The number of carbonyl (C=O) groups is 2. The first-order valence-electron chi connectivity index (χ1n) is 5.82. The van der Waals surface area contributed by atoms with Gasteiger partial charge in [0, 0.05) is 6.42 Å². The van der Waals surface area contributed by atoms with Crippen molar-refractivity contribution in [2.24, 2.45) is 0 Å². The summed E-state index contributed by atoms with van der Waals surface area (Å²) in [5, 5.41) is 1.96. The molecule has 1 heterocycles. The molecular formula is C11H11F2N3O4S. The highest BCUT2D eigenvalue weighted by atomic mass is 32.2. The zero-order valence-electron chi connectivity index (χ0n) is 10.5. The number of sulfonamides is 1. The highest BCUT2D eigenvalue weighted by Gasteiger charge is 2.32. The summed E-state index contributed by atoms with van der Waals surface area (Å²) < 4.78 is 52.8. The molecule has 0 spiro atoms. The van der Waals surface area contributed by atoms with Crippen molar-refractivity contribution >= 4 is 27.5 Å². The lowest BCUT2D eigenvalue weighted by molar-refractivity contribution is -0.134. The molecule has 1 aromatic rings. The number of hydrogen-bond donors (Lipinski definition) is 3. The van der Waals surface area contributed by atoms with E-state index in [9.17, 15) is 26.8 Å². The largest absolute Gasteiger partial charge is 0.394 e. The Morgan fingerprint density at radius 1 is 1.29 bits per heavy atom. The average molecular weight is 319 g/mol. The first-order chi connectivity index (χ1) is 9.72. The van der Waals surface area contributed by atoms with Gasteiger partial charge in [0.1, 0.15) is 22.4 Å². The summed E-state index contributed by atoms with van der Waals surface area (Å²) in [4.78, 5) is 21.6. The van der Waals surface area contributed by atoms with Crippen molar-refractivity contribution in [1.82, 2.24) is 10.0 Å². The Kier molecular flexibility index (Phi) is 3.92. The molecule has 10 heteroatoms. The molecule has 0 bridgehead atoms. The second kappa shape index (κ2) is 5.37. The number of benzene rings is 1. The minimum Gasteiger partial charge on any atom is -0.394 e. The number of nitrogens with one attached hydrogen (secondary N) is 2. The molecule has 0 saturated carbocycles. The van der Waals surface area contributed by atoms with Crippen LogP contribution in [0.3, 0.4) is 0 Å². The second-order valence-corrected chi connectivity index (χ2v) is 6.08. The molecule has 1 saturated heterocycles. The van der Waals surface area contributed by atoms with Crippen LogP contribution in [-0.2, 0) is 19.6 Å². The third-order valence-corrected chi connectivity index (χ3v) is 4.41. The van der Waals surface area contributed by atoms with Gasteiger partial charge >= 0.3 is 0 Å². The van der Waals surface area contributed by atoms with E-state index in [1.54, 1.807) is 0 Å². The Morgan fingerprint density at radius 2 is 1.95 bits per heavy atom. The molecule has 1 aliphatic heterocycles. The van der Waals surface area contributed by atoms with Gasteiger partial charge < -0.3 is 5.73 Å². The average Bonchev–Trinajstić information content (AvgIpc) is 2.39. The summed E-state index contributed by atoms with van der Waals surface area (Å²) in [6.07, 6.45) is -0.102. The Hall–Kier alpha value is -2.07. The summed E-state index contributed by atoms with van der Waals surface area (Å²) in [5.41, 5.74) is 4.16. The van der Waals surface area contributed by atoms with E-state index in [0.717, 1.165) is 0 Å². The van der Waals surface area contributed by atoms with Crippen LogP contribution in [-0.4, -0.2) is 26.3 Å². The van der Waals surface area contributed by atoms with Crippen molar-refractivity contribution in [2.75, 3.05) is 5.73 Å². The number of halogens is 2. The molecule has 0 aliphatic carbocycles. The van der Waals surface area contributed by atoms with Gasteiger partial charge in [-0.15, -0.1) is 0 Å². The molecule has 1 aromatic carbocycles. The fraction of sp³-hybridized carbons (Fsp3) is 0.273. The Balaban J connectivity index is 2.29. The molecule has 0 radical (unpaired) electrons. The van der Waals surface area contributed by atoms with Crippen LogP contribution in [0.5, 0.6) is 0 Å². The normalized spacial score (nSPS) is 19.4. The number of anilines is 1. The molecule has 1 atom stereocenters. The van der Waals surface area contributed by atoms with E-state index in [2.05, 4.69) is 0 Å². The van der Waals surface area contributed by atoms with E-state index in [0.29, 0.717) is 12.1 Å². The highest BCUT2D eigenvalue weighted by molar-refractivity contribution is 7.89. The minimum absolute atomic E-state index is 0.0486. The summed E-state index contributed by atoms with van der Waals surface area (Å²) in [7, 11) is -4.42. The molecule has 2 amide bonds. The lowest BCUT2D eigenvalue weighted by Gasteiger charge is -2.21. The van der Waals surface area contributed by atoms with Gasteiger partial charge in [-0.2, -0.15) is 4.72 Å². The Bertz CT molecular complexity index is 720. The molecule has 2 rings (SSSR count). The van der Waals surface area contributed by atoms with Crippen LogP contribution >= 0.6 is 0 Å². The van der Waals surface area contributed by atoms with Gasteiger partial charge in [-0.25, -0.2) is 17.2 Å². The molecule has 0 aromatic heterocycles. The van der Waals surface area contributed by atoms with Gasteiger partial charge in [-0.05, 0) is 18.6 Å². The van der Waals surface area contributed by atoms with Gasteiger partial charge in [0.2, 0.25) is 21.8 Å². The third-order valence-electron chi connectivity index (χ3n) is 2.92. The monoisotopic (exact) mass is 319 g/mol. The van der Waals surface area contributed by atoms with Crippen molar-refractivity contribution in [3.63, 3.8) is 0 Å². The molecule has 4 N–H and O–H groups in total. The molecule has 1 fully saturated rings. The van der Waals surface area contributed by atoms with E-state index >= 15 is 0 Å². The predicted octanol–water partition coefficient (Wildman–Crippen LogP) is -0.370. The predicted molar refractivity (Wildman–Crippen MR) is 67.3 cm³/mol. The van der Waals surface area contributed by atoms with Crippen LogP contribution in [0.15, 0.2) is 17.0 Å². The minimum atomic E-state index is -4.42. The van der Waals surface area contributed by atoms with E-state index in [4.69, 9.17) is 5.73 Å². The summed E-state index contributed by atoms with van der Waals surface area (Å²) in [6.45, 7) is 0. The van der Waals surface area contributed by atoms with E-state index in [-0.39, 0.29) is 12.8 Å². The summed E-state index contributed by atoms with van der Waals surface area (Å²) in [6, 6.07) is 0.200. The van der Waals surface area contributed by atoms with Gasteiger partial charge in [0.05, 0.1) is 0 Å². The summed E-state index contributed by atoms with van der Waals surface area (Å²) in [5.74, 6) is -3.87. The fourth-order valence-electron chi connectivity index (χ4n) is 1.81. The lowest BCUT2D eigenvalue weighted by atomic mass is 10.1. The number of nitrogens with two attached hydrogens (primary N) is 1. The van der Waals surface area contributed by atoms with Crippen molar-refractivity contribution in [3.8, 4) is 0 Å². The topological polar surface area (TPSA) is 118 Å². The third kappa shape index (κ3) is 3.00. The molecule has 114 valence electrons. The first-order valence-corrected chi connectivity index (χ1v) is 7.30. The standard InChI is InChI=1S/C11H11F2N3O4S/c12-5-1-3-7(9(13)10(5)14)21(19,20)16-6-2-4-8(17)15-11(6)18/h1,3,6,16H,2,4,14H2,(H,15,17,18). The maximum Gasteiger partial charge on any atom is 0.244 e. The summed E-state index contributed by atoms with van der Waals surface area (Å²) >= 11 is 0. The zero-order valence-corrected chi connectivity index (χ0v) is 11.3. The maximum absolute atomic E-state index is 13.7. The Morgan fingerprint density at radius 3 is 2.57 bits per heavy atom. The van der Waals surface area contributed by atoms with Crippen LogP contribution in [0.1, 0.15) is 12.8 Å². The van der Waals surface area contributed by atoms with Crippen molar-refractivity contribution < 1.29 is 26.8 Å². The Labute approximate surface area is 118 Å². The number of amides is 2. The highest BCUT2D eigenvalue weighted by Crippen LogP contribution is 2.23. The fourth-order valence-corrected chi connectivity index (χ4v) is 3.13. The smallest absolute Gasteiger partial charge is 0.244 e. The van der Waals surface area contributed by atoms with Gasteiger partial charge in [-0.1, -0.05) is 0 Å². The lowest BCUT2D eigenvalue weighted by Crippen LogP contribution is -2.52. The van der Waals surface area contributed by atoms with E-state index in [1.165, 1.54) is 0 Å². The van der Waals surface area contributed by atoms with Gasteiger partial charge in [-0.3, -0.25) is 14.9 Å². The van der Waals surface area contributed by atoms with Crippen molar-refractivity contribution in [3.05, 3.63) is 23.8 Å². The first kappa shape index (κ1) is 15.3. The van der Waals surface area contributed by atoms with E-state index < -0.39 is 50.1 Å². The van der Waals surface area contributed by atoms with Crippen molar-refractivity contribution in [2.45, 2.75) is 23.8 Å². The SMILES string of the molecule is Nc1c(F)ccc(S(=O)(=O)NC2CCC(=O)NC2=O)c1F. The molecule has 21 heavy (non-hydrogen) atoms. The van der Waals surface area contributed by atoms with E-state index in [1.807, 2.05) is 10.0 Å². The van der Waals surface area contributed by atoms with Crippen LogP contribution < -0.4 is 15.8 Å². The zero-order chi connectivity index (χ0) is 15.8. The van der Waals surface area contributed by atoms with Crippen LogP contribution in [0, 0.1) is 11.6 Å². The quantitative estimate of drug-likeness (QED) is 0.519. The number of carbonyl (C=O) groups excluding carboxylic acids is 2. The number of hydrogen-bond acceptors (Lipinski definition) is 5. The second-order valence-electron chi connectivity index (χ2n) is 4.40. The molecule has 1 unspecified atom stereocenters. The number of nitrogen functional groups attached to an aromatic ring is 1. The number of piperidine rings is 1. The molecular weight excluding hydrogens is 308 g/mol. The van der Waals surface area contributed by atoms with Crippen LogP contribution in [0.2, 0.25) is 0 Å². The van der Waals surface area contributed by atoms with Gasteiger partial charge in [0.25, 0.3) is 0 Å². The van der Waals surface area contributed by atoms with Crippen molar-refractivity contribution in [1.29, 1.82) is 0 Å². The maximum atomic E-state index is 13.7.